The van der Waals surface area contributed by atoms with Crippen molar-refractivity contribution in [2.75, 3.05) is 16.8 Å². The van der Waals surface area contributed by atoms with Gasteiger partial charge in [-0.15, -0.1) is 0 Å². The fourth-order valence-corrected chi connectivity index (χ4v) is 3.28. The number of hydrogen-bond donors (Lipinski definition) is 1. The zero-order chi connectivity index (χ0) is 18.8. The van der Waals surface area contributed by atoms with Crippen molar-refractivity contribution in [3.05, 3.63) is 65.8 Å². The molecule has 0 bridgehead atoms. The summed E-state index contributed by atoms with van der Waals surface area (Å²) in [7, 11) is 0. The second kappa shape index (κ2) is 7.32. The van der Waals surface area contributed by atoms with Crippen LogP contribution in [0.15, 0.2) is 55.0 Å². The lowest BCUT2D eigenvalue weighted by Crippen LogP contribution is -2.23. The molecule has 1 N–H and O–H groups in total. The van der Waals surface area contributed by atoms with Gasteiger partial charge in [0, 0.05) is 24.7 Å². The van der Waals surface area contributed by atoms with E-state index < -0.39 is 0 Å². The van der Waals surface area contributed by atoms with Crippen molar-refractivity contribution < 1.29 is 9.18 Å². The van der Waals surface area contributed by atoms with Crippen LogP contribution in [0.25, 0.3) is 11.1 Å². The summed E-state index contributed by atoms with van der Waals surface area (Å²) in [4.78, 5) is 22.2. The molecule has 0 spiro atoms. The SMILES string of the molecule is O=C1CCCN1c1cncc(Nc2cc(-c3ccc(F)cc3)c(Cl)cn2)c1. The monoisotopic (exact) mass is 382 g/mol. The van der Waals surface area contributed by atoms with Crippen molar-refractivity contribution in [3.8, 4) is 11.1 Å². The molecule has 5 nitrogen and oxygen atoms in total. The second-order valence-electron chi connectivity index (χ2n) is 6.26. The van der Waals surface area contributed by atoms with Crippen LogP contribution in [-0.2, 0) is 4.79 Å². The standard InChI is InChI=1S/C20H16ClFN4O/c21-18-12-24-19(9-17(18)13-3-5-14(22)6-4-13)25-15-8-16(11-23-10-15)26-7-1-2-20(26)27/h3-6,8-12H,1-2,7H2,(H,24,25). The van der Waals surface area contributed by atoms with E-state index in [4.69, 9.17) is 11.6 Å². The van der Waals surface area contributed by atoms with E-state index in [1.807, 2.05) is 6.07 Å². The van der Waals surface area contributed by atoms with E-state index in [-0.39, 0.29) is 11.7 Å². The molecule has 7 heteroatoms. The summed E-state index contributed by atoms with van der Waals surface area (Å²) in [5.74, 6) is 0.379. The molecule has 3 aromatic rings. The topological polar surface area (TPSA) is 58.1 Å². The fraction of sp³-hybridized carbons (Fsp3) is 0.150. The maximum atomic E-state index is 13.2. The number of rotatable bonds is 4. The second-order valence-corrected chi connectivity index (χ2v) is 6.67. The number of halogens is 2. The molecule has 27 heavy (non-hydrogen) atoms. The van der Waals surface area contributed by atoms with E-state index in [1.54, 1.807) is 41.7 Å². The van der Waals surface area contributed by atoms with Crippen LogP contribution in [0.2, 0.25) is 5.02 Å². The maximum Gasteiger partial charge on any atom is 0.227 e. The van der Waals surface area contributed by atoms with Gasteiger partial charge in [0.2, 0.25) is 5.91 Å². The smallest absolute Gasteiger partial charge is 0.227 e. The Morgan fingerprint density at radius 1 is 1.11 bits per heavy atom. The van der Waals surface area contributed by atoms with Crippen molar-refractivity contribution in [1.29, 1.82) is 0 Å². The third kappa shape index (κ3) is 3.75. The fourth-order valence-electron chi connectivity index (χ4n) is 3.07. The lowest BCUT2D eigenvalue weighted by molar-refractivity contribution is -0.117. The molecule has 2 aromatic heterocycles. The normalized spacial score (nSPS) is 13.9. The van der Waals surface area contributed by atoms with Gasteiger partial charge < -0.3 is 10.2 Å². The first-order valence-electron chi connectivity index (χ1n) is 8.54. The Morgan fingerprint density at radius 3 is 2.67 bits per heavy atom. The van der Waals surface area contributed by atoms with Crippen molar-refractivity contribution in [2.24, 2.45) is 0 Å². The highest BCUT2D eigenvalue weighted by Crippen LogP contribution is 2.31. The van der Waals surface area contributed by atoms with Crippen LogP contribution >= 0.6 is 11.6 Å². The Bertz CT molecular complexity index is 994. The van der Waals surface area contributed by atoms with Crippen LogP contribution < -0.4 is 10.2 Å². The molecule has 4 rings (SSSR count). The van der Waals surface area contributed by atoms with Gasteiger partial charge >= 0.3 is 0 Å². The summed E-state index contributed by atoms with van der Waals surface area (Å²) in [5.41, 5.74) is 3.01. The number of aromatic nitrogens is 2. The Hall–Kier alpha value is -2.99. The summed E-state index contributed by atoms with van der Waals surface area (Å²) in [6, 6.07) is 9.77. The molecule has 136 valence electrons. The van der Waals surface area contributed by atoms with Crippen molar-refractivity contribution in [3.63, 3.8) is 0 Å². The summed E-state index contributed by atoms with van der Waals surface area (Å²) < 4.78 is 13.2. The number of pyridine rings is 2. The molecule has 0 aliphatic carbocycles. The van der Waals surface area contributed by atoms with E-state index >= 15 is 0 Å². The minimum absolute atomic E-state index is 0.108. The Morgan fingerprint density at radius 2 is 1.93 bits per heavy atom. The maximum absolute atomic E-state index is 13.2. The summed E-state index contributed by atoms with van der Waals surface area (Å²) in [5, 5.41) is 3.66. The minimum atomic E-state index is -0.304. The number of benzene rings is 1. The number of amides is 1. The minimum Gasteiger partial charge on any atom is -0.339 e. The van der Waals surface area contributed by atoms with E-state index in [2.05, 4.69) is 15.3 Å². The molecule has 1 aliphatic rings. The highest BCUT2D eigenvalue weighted by atomic mass is 35.5. The van der Waals surface area contributed by atoms with Gasteiger partial charge in [-0.2, -0.15) is 0 Å². The van der Waals surface area contributed by atoms with Gasteiger partial charge in [0.05, 0.1) is 28.8 Å². The number of nitrogens with zero attached hydrogens (tertiary/aromatic N) is 3. The Kier molecular flexibility index (Phi) is 4.73. The first-order chi connectivity index (χ1) is 13.1. The van der Waals surface area contributed by atoms with Crippen LogP contribution in [0.1, 0.15) is 12.8 Å². The molecule has 0 saturated carbocycles. The predicted molar refractivity (Wildman–Crippen MR) is 104 cm³/mol. The quantitative estimate of drug-likeness (QED) is 0.703. The van der Waals surface area contributed by atoms with Crippen LogP contribution in [-0.4, -0.2) is 22.4 Å². The number of hydrogen-bond acceptors (Lipinski definition) is 4. The van der Waals surface area contributed by atoms with E-state index in [0.29, 0.717) is 29.5 Å². The number of nitrogens with one attached hydrogen (secondary N) is 1. The highest BCUT2D eigenvalue weighted by molar-refractivity contribution is 6.33. The average Bonchev–Trinajstić information content (AvgIpc) is 3.10. The molecular weight excluding hydrogens is 367 g/mol. The largest absolute Gasteiger partial charge is 0.339 e. The summed E-state index contributed by atoms with van der Waals surface area (Å²) in [6.07, 6.45) is 6.31. The molecule has 1 aliphatic heterocycles. The van der Waals surface area contributed by atoms with E-state index in [9.17, 15) is 9.18 Å². The van der Waals surface area contributed by atoms with Gasteiger partial charge in [0.25, 0.3) is 0 Å². The molecule has 1 aromatic carbocycles. The summed E-state index contributed by atoms with van der Waals surface area (Å²) in [6.45, 7) is 0.706. The molecule has 0 unspecified atom stereocenters. The molecule has 0 radical (unpaired) electrons. The van der Waals surface area contributed by atoms with Crippen LogP contribution in [0.3, 0.4) is 0 Å². The molecule has 0 atom stereocenters. The molecule has 1 saturated heterocycles. The average molecular weight is 383 g/mol. The van der Waals surface area contributed by atoms with Crippen molar-refractivity contribution in [2.45, 2.75) is 12.8 Å². The third-order valence-corrected chi connectivity index (χ3v) is 4.69. The van der Waals surface area contributed by atoms with Gasteiger partial charge in [-0.05, 0) is 36.2 Å². The van der Waals surface area contributed by atoms with E-state index in [0.717, 1.165) is 23.2 Å². The lowest BCUT2D eigenvalue weighted by Gasteiger charge is -2.16. The molecular formula is C20H16ClFN4O. The molecule has 1 fully saturated rings. The van der Waals surface area contributed by atoms with Crippen molar-refractivity contribution >= 4 is 34.7 Å². The summed E-state index contributed by atoms with van der Waals surface area (Å²) >= 11 is 6.26. The van der Waals surface area contributed by atoms with Gasteiger partial charge in [0.1, 0.15) is 11.6 Å². The van der Waals surface area contributed by atoms with Gasteiger partial charge in [-0.1, -0.05) is 23.7 Å². The molecule has 1 amide bonds. The first-order valence-corrected chi connectivity index (χ1v) is 8.92. The first kappa shape index (κ1) is 17.4. The zero-order valence-corrected chi connectivity index (χ0v) is 15.1. The van der Waals surface area contributed by atoms with Gasteiger partial charge in [-0.25, -0.2) is 9.37 Å². The van der Waals surface area contributed by atoms with E-state index in [1.165, 1.54) is 12.1 Å². The van der Waals surface area contributed by atoms with Crippen molar-refractivity contribution in [1.82, 2.24) is 9.97 Å². The third-order valence-electron chi connectivity index (χ3n) is 4.39. The van der Waals surface area contributed by atoms with Crippen LogP contribution in [0.5, 0.6) is 0 Å². The highest BCUT2D eigenvalue weighted by Gasteiger charge is 2.22. The lowest BCUT2D eigenvalue weighted by atomic mass is 10.1. The zero-order valence-electron chi connectivity index (χ0n) is 14.3. The predicted octanol–water partition coefficient (Wildman–Crippen LogP) is 4.81. The number of carbonyl (C=O) groups is 1. The molecule has 3 heterocycles. The number of anilines is 3. The Balaban J connectivity index is 1.61. The number of carbonyl (C=O) groups excluding carboxylic acids is 1. The van der Waals surface area contributed by atoms with Gasteiger partial charge in [-0.3, -0.25) is 9.78 Å². The van der Waals surface area contributed by atoms with Gasteiger partial charge in [0.15, 0.2) is 0 Å². The van der Waals surface area contributed by atoms with Crippen LogP contribution in [0.4, 0.5) is 21.6 Å². The van der Waals surface area contributed by atoms with Crippen LogP contribution in [0, 0.1) is 5.82 Å². The Labute approximate surface area is 160 Å².